The van der Waals surface area contributed by atoms with Crippen molar-refractivity contribution in [3.63, 3.8) is 0 Å². The number of fused-ring (bicyclic) bond motifs is 1. The van der Waals surface area contributed by atoms with Gasteiger partial charge < -0.3 is 30.7 Å². The highest BCUT2D eigenvalue weighted by molar-refractivity contribution is 5.61. The van der Waals surface area contributed by atoms with E-state index < -0.39 is 0 Å². The largest absolute Gasteiger partial charge is 0.388 e. The Bertz CT molecular complexity index is 1430. The first kappa shape index (κ1) is 30.4. The molecule has 3 aliphatic rings. The fraction of sp³-hybridized carbons (Fsp3) is 0.441. The molecule has 43 heavy (non-hydrogen) atoms. The molecule has 0 amide bonds. The van der Waals surface area contributed by atoms with Crippen LogP contribution in [0.3, 0.4) is 0 Å². The molecule has 3 aromatic rings. The van der Waals surface area contributed by atoms with Crippen molar-refractivity contribution in [1.82, 2.24) is 25.2 Å². The number of benzene rings is 1. The van der Waals surface area contributed by atoms with Crippen LogP contribution in [0, 0.1) is 0 Å². The van der Waals surface area contributed by atoms with Crippen molar-refractivity contribution < 1.29 is 1.43 Å². The molecule has 1 aromatic carbocycles. The fourth-order valence-electron chi connectivity index (χ4n) is 6.18. The lowest BCUT2D eigenvalue weighted by Crippen LogP contribution is -2.45. The molecule has 5 heterocycles. The van der Waals surface area contributed by atoms with Crippen LogP contribution in [0.5, 0.6) is 0 Å². The molecule has 2 aromatic heterocycles. The number of hydrogen-bond donors (Lipinski definition) is 2. The predicted molar refractivity (Wildman–Crippen MR) is 182 cm³/mol. The summed E-state index contributed by atoms with van der Waals surface area (Å²) in [6, 6.07) is 13.2. The molecule has 0 spiro atoms. The van der Waals surface area contributed by atoms with E-state index in [0.717, 1.165) is 99.4 Å². The summed E-state index contributed by atoms with van der Waals surface area (Å²) in [7, 11) is 4.04. The van der Waals surface area contributed by atoms with Crippen molar-refractivity contribution in [2.45, 2.75) is 45.6 Å². The van der Waals surface area contributed by atoms with Gasteiger partial charge in [0, 0.05) is 101 Å². The van der Waals surface area contributed by atoms with Crippen LogP contribution in [0.1, 0.15) is 56.4 Å². The molecule has 230 valence electrons. The summed E-state index contributed by atoms with van der Waals surface area (Å²) >= 11 is 0. The Kier molecular flexibility index (Phi) is 9.50. The van der Waals surface area contributed by atoms with E-state index in [9.17, 15) is 0 Å². The highest BCUT2D eigenvalue weighted by Crippen LogP contribution is 2.37. The van der Waals surface area contributed by atoms with Crippen LogP contribution in [-0.4, -0.2) is 73.2 Å². The summed E-state index contributed by atoms with van der Waals surface area (Å²) in [4.78, 5) is 23.3. The number of nitrogens with two attached hydrogens (primary N) is 1. The monoisotopic (exact) mass is 583 g/mol. The van der Waals surface area contributed by atoms with E-state index in [1.807, 2.05) is 27.1 Å². The molecule has 6 rings (SSSR count). The van der Waals surface area contributed by atoms with Crippen LogP contribution in [0.15, 0.2) is 61.4 Å². The number of piperidine rings is 1. The second-order valence-corrected chi connectivity index (χ2v) is 11.5. The van der Waals surface area contributed by atoms with Gasteiger partial charge in [-0.2, -0.15) is 9.97 Å². The summed E-state index contributed by atoms with van der Waals surface area (Å²) in [5, 5.41) is 3.09. The molecule has 0 saturated carbocycles. The molecule has 3 N–H and O–H groups in total. The van der Waals surface area contributed by atoms with Gasteiger partial charge in [0.15, 0.2) is 0 Å². The van der Waals surface area contributed by atoms with Gasteiger partial charge in [0.2, 0.25) is 5.95 Å². The van der Waals surface area contributed by atoms with E-state index >= 15 is 0 Å². The fourth-order valence-corrected chi connectivity index (χ4v) is 6.18. The molecule has 0 bridgehead atoms. The van der Waals surface area contributed by atoms with Gasteiger partial charge in [0.05, 0.1) is 0 Å². The first-order valence-corrected chi connectivity index (χ1v) is 15.6. The molecule has 0 aliphatic carbocycles. The van der Waals surface area contributed by atoms with E-state index in [4.69, 9.17) is 10.7 Å². The van der Waals surface area contributed by atoms with Gasteiger partial charge in [-0.3, -0.25) is 4.98 Å². The third-order valence-electron chi connectivity index (χ3n) is 8.80. The van der Waals surface area contributed by atoms with Gasteiger partial charge in [0.1, 0.15) is 11.6 Å². The summed E-state index contributed by atoms with van der Waals surface area (Å²) < 4.78 is 0. The van der Waals surface area contributed by atoms with Crippen LogP contribution in [0.2, 0.25) is 0 Å². The number of hydrogen-bond acceptors (Lipinski definition) is 9. The van der Waals surface area contributed by atoms with E-state index in [1.54, 1.807) is 0 Å². The minimum atomic E-state index is 0. The Morgan fingerprint density at radius 2 is 1.70 bits per heavy atom. The Morgan fingerprint density at radius 3 is 2.37 bits per heavy atom. The van der Waals surface area contributed by atoms with Gasteiger partial charge in [-0.1, -0.05) is 33.1 Å². The van der Waals surface area contributed by atoms with Gasteiger partial charge in [-0.05, 0) is 61.7 Å². The van der Waals surface area contributed by atoms with E-state index in [0.29, 0.717) is 11.9 Å². The second-order valence-electron chi connectivity index (χ2n) is 11.5. The SMILES string of the molecule is C=C(NC)c1ccc([C@H]2CCN(c3ccc4c(c3)CN(c3cc(N5CCN(C)CC5)nc(N)n3)CC4)C(=C)C2)nc1.CC.[HH]. The van der Waals surface area contributed by atoms with Crippen molar-refractivity contribution in [2.24, 2.45) is 0 Å². The van der Waals surface area contributed by atoms with Crippen LogP contribution in [0.4, 0.5) is 23.3 Å². The van der Waals surface area contributed by atoms with Crippen LogP contribution < -0.4 is 25.8 Å². The minimum absolute atomic E-state index is 0. The Balaban J connectivity index is 0.00000144. The molecule has 0 unspecified atom stereocenters. The molecular weight excluding hydrogens is 534 g/mol. The minimum Gasteiger partial charge on any atom is -0.388 e. The number of pyridine rings is 1. The molecule has 1 atom stereocenters. The van der Waals surface area contributed by atoms with Crippen molar-refractivity contribution in [2.75, 3.05) is 73.8 Å². The number of nitrogens with one attached hydrogen (secondary N) is 1. The first-order valence-electron chi connectivity index (χ1n) is 15.6. The lowest BCUT2D eigenvalue weighted by atomic mass is 9.90. The summed E-state index contributed by atoms with van der Waals surface area (Å²) in [5.41, 5.74) is 14.3. The maximum Gasteiger partial charge on any atom is 0.223 e. The average molecular weight is 584 g/mol. The third kappa shape index (κ3) is 6.77. The standard InChI is InChI=1S/C32H41N9.C2H6.H2/c1-22-17-25(29-8-6-26(20-35-29)23(2)34-3)10-12-41(22)28-7-5-24-9-11-40(21-27(24)18-28)31-19-30(36-32(33)37-31)39-15-13-38(4)14-16-39;1-2;/h5-8,18-20,25,34H,1-2,9-17,21H2,3-4H3,(H2,33,36,37);1-2H3;1H/t25-;;/m0../s1. The molecular formula is C34H49N9. The van der Waals surface area contributed by atoms with Crippen molar-refractivity contribution in [1.29, 1.82) is 0 Å². The average Bonchev–Trinajstić information content (AvgIpc) is 3.05. The Hall–Kier alpha value is -4.11. The smallest absolute Gasteiger partial charge is 0.223 e. The van der Waals surface area contributed by atoms with E-state index in [2.05, 4.69) is 91.5 Å². The second kappa shape index (κ2) is 13.5. The lowest BCUT2D eigenvalue weighted by Gasteiger charge is -2.37. The summed E-state index contributed by atoms with van der Waals surface area (Å²) in [6.07, 6.45) is 4.83. The maximum atomic E-state index is 6.20. The van der Waals surface area contributed by atoms with Crippen LogP contribution in [0.25, 0.3) is 5.70 Å². The van der Waals surface area contributed by atoms with E-state index in [1.165, 1.54) is 16.8 Å². The predicted octanol–water partition coefficient (Wildman–Crippen LogP) is 5.13. The molecule has 9 heteroatoms. The number of nitrogens with zero attached hydrogens (tertiary/aromatic N) is 7. The normalized spacial score (nSPS) is 18.9. The number of anilines is 4. The van der Waals surface area contributed by atoms with Crippen molar-refractivity contribution in [3.05, 3.63) is 83.8 Å². The quantitative estimate of drug-likeness (QED) is 0.410. The first-order chi connectivity index (χ1) is 20.9. The zero-order valence-electron chi connectivity index (χ0n) is 26.3. The zero-order valence-corrected chi connectivity index (χ0v) is 26.3. The van der Waals surface area contributed by atoms with Crippen LogP contribution >= 0.6 is 0 Å². The topological polar surface area (TPSA) is 89.7 Å². The van der Waals surface area contributed by atoms with Crippen LogP contribution in [-0.2, 0) is 13.0 Å². The van der Waals surface area contributed by atoms with Crippen molar-refractivity contribution in [3.8, 4) is 0 Å². The zero-order chi connectivity index (χ0) is 30.5. The van der Waals surface area contributed by atoms with Gasteiger partial charge in [0.25, 0.3) is 0 Å². The van der Waals surface area contributed by atoms with Crippen molar-refractivity contribution >= 4 is 29.0 Å². The number of allylic oxidation sites excluding steroid dienone is 1. The summed E-state index contributed by atoms with van der Waals surface area (Å²) in [5.74, 6) is 2.55. The number of likely N-dealkylation sites (N-methyl/N-ethyl adjacent to an activating group) is 1. The van der Waals surface area contributed by atoms with Gasteiger partial charge >= 0.3 is 0 Å². The molecule has 2 fully saturated rings. The highest BCUT2D eigenvalue weighted by Gasteiger charge is 2.27. The Morgan fingerprint density at radius 1 is 0.953 bits per heavy atom. The van der Waals surface area contributed by atoms with E-state index in [-0.39, 0.29) is 1.43 Å². The summed E-state index contributed by atoms with van der Waals surface area (Å²) in [6.45, 7) is 19.1. The molecule has 0 radical (unpaired) electrons. The highest BCUT2D eigenvalue weighted by atomic mass is 15.3. The lowest BCUT2D eigenvalue weighted by molar-refractivity contribution is 0.312. The van der Waals surface area contributed by atoms with Gasteiger partial charge in [-0.25, -0.2) is 0 Å². The molecule has 2 saturated heterocycles. The number of nitrogen functional groups attached to an aromatic ring is 1. The number of piperazine rings is 1. The molecule has 9 nitrogen and oxygen atoms in total. The maximum absolute atomic E-state index is 6.20. The third-order valence-corrected chi connectivity index (χ3v) is 8.80. The molecule has 3 aliphatic heterocycles. The van der Waals surface area contributed by atoms with Gasteiger partial charge in [-0.15, -0.1) is 0 Å². The Labute approximate surface area is 258 Å². The number of rotatable bonds is 6. The number of aromatic nitrogens is 3.